The maximum Gasteiger partial charge on any atom is 0.0267 e. The second-order valence-corrected chi connectivity index (χ2v) is 5.44. The molecule has 1 heterocycles. The molecular weight excluding hydrogens is 194 g/mol. The highest BCUT2D eigenvalue weighted by atomic mass is 14.6. The molecule has 0 radical (unpaired) electrons. The van der Waals surface area contributed by atoms with Crippen LogP contribution < -0.4 is 0 Å². The zero-order valence-corrected chi connectivity index (χ0v) is 10.5. The first kappa shape index (κ1) is 11.4. The fourth-order valence-electron chi connectivity index (χ4n) is 2.92. The molecule has 0 saturated heterocycles. The normalized spacial score (nSPS) is 25.3. The van der Waals surface area contributed by atoms with E-state index >= 15 is 0 Å². The summed E-state index contributed by atoms with van der Waals surface area (Å²) < 4.78 is 0. The number of hydrogen-bond donors (Lipinski definition) is 0. The number of nitrogens with zero attached hydrogens (tertiary/aromatic N) is 1. The van der Waals surface area contributed by atoms with E-state index in [9.17, 15) is 0 Å². The zero-order valence-electron chi connectivity index (χ0n) is 10.5. The van der Waals surface area contributed by atoms with E-state index in [1.165, 1.54) is 19.3 Å². The number of aromatic nitrogens is 1. The molecule has 2 bridgehead atoms. The largest absolute Gasteiger partial charge is 0.265 e. The van der Waals surface area contributed by atoms with Gasteiger partial charge in [-0.15, -0.1) is 0 Å². The van der Waals surface area contributed by atoms with Crippen molar-refractivity contribution in [2.24, 2.45) is 11.3 Å². The summed E-state index contributed by atoms with van der Waals surface area (Å²) in [5.74, 6) is 1.02. The fraction of sp³-hybridized carbons (Fsp3) is 0.533. The minimum absolute atomic E-state index is 0.586. The minimum Gasteiger partial charge on any atom is -0.265 e. The predicted octanol–water partition coefficient (Wildman–Crippen LogP) is 4.22. The molecule has 1 nitrogen and oxygen atoms in total. The summed E-state index contributed by atoms with van der Waals surface area (Å²) in [5, 5.41) is 0. The van der Waals surface area contributed by atoms with Gasteiger partial charge in [0.1, 0.15) is 0 Å². The van der Waals surface area contributed by atoms with Crippen molar-refractivity contribution < 1.29 is 0 Å². The summed E-state index contributed by atoms with van der Waals surface area (Å²) in [4.78, 5) is 3.78. The molecule has 86 valence electrons. The van der Waals surface area contributed by atoms with Crippen LogP contribution >= 0.6 is 0 Å². The van der Waals surface area contributed by atoms with Crippen molar-refractivity contribution in [2.45, 2.75) is 40.0 Å². The van der Waals surface area contributed by atoms with Crippen LogP contribution in [-0.4, -0.2) is 4.98 Å². The van der Waals surface area contributed by atoms with Crippen LogP contribution in [0.25, 0.3) is 0 Å². The summed E-state index contributed by atoms with van der Waals surface area (Å²) in [5.41, 5.74) is 4.04. The van der Waals surface area contributed by atoms with E-state index in [0.29, 0.717) is 5.41 Å². The van der Waals surface area contributed by atoms with Crippen LogP contribution in [0.3, 0.4) is 0 Å². The van der Waals surface area contributed by atoms with E-state index < -0.39 is 0 Å². The highest BCUT2D eigenvalue weighted by molar-refractivity contribution is 5.32. The molecule has 4 rings (SSSR count). The van der Waals surface area contributed by atoms with Gasteiger partial charge in [0.05, 0.1) is 0 Å². The SMILES string of the molecule is CC1=C2CC(CC1)C2(C)C.c1ccncc1. The summed E-state index contributed by atoms with van der Waals surface area (Å²) in [6.07, 6.45) is 7.74. The van der Waals surface area contributed by atoms with Gasteiger partial charge in [-0.25, -0.2) is 0 Å². The molecule has 1 atom stereocenters. The molecule has 0 aromatic carbocycles. The summed E-state index contributed by atoms with van der Waals surface area (Å²) in [6.45, 7) is 7.12. The first-order valence-corrected chi connectivity index (χ1v) is 6.16. The highest BCUT2D eigenvalue weighted by Gasteiger charge is 2.46. The predicted molar refractivity (Wildman–Crippen MR) is 68.1 cm³/mol. The summed E-state index contributed by atoms with van der Waals surface area (Å²) in [6, 6.07) is 5.72. The smallest absolute Gasteiger partial charge is 0.0267 e. The third kappa shape index (κ3) is 2.04. The summed E-state index contributed by atoms with van der Waals surface area (Å²) >= 11 is 0. The van der Waals surface area contributed by atoms with Gasteiger partial charge in [0.25, 0.3) is 0 Å². The third-order valence-electron chi connectivity index (χ3n) is 4.20. The number of fused-ring (bicyclic) bond motifs is 2. The van der Waals surface area contributed by atoms with Gasteiger partial charge < -0.3 is 0 Å². The highest BCUT2D eigenvalue weighted by Crippen LogP contribution is 2.58. The van der Waals surface area contributed by atoms with Crippen molar-refractivity contribution in [3.8, 4) is 0 Å². The lowest BCUT2D eigenvalue weighted by molar-refractivity contribution is 0.133. The number of allylic oxidation sites excluding steroid dienone is 2. The van der Waals surface area contributed by atoms with Crippen molar-refractivity contribution in [3.05, 3.63) is 41.7 Å². The van der Waals surface area contributed by atoms with E-state index in [0.717, 1.165) is 5.92 Å². The molecule has 1 unspecified atom stereocenters. The minimum atomic E-state index is 0.586. The Bertz CT molecular complexity index is 349. The molecule has 1 aromatic heterocycles. The van der Waals surface area contributed by atoms with Crippen LogP contribution in [0.1, 0.15) is 40.0 Å². The molecule has 0 N–H and O–H groups in total. The van der Waals surface area contributed by atoms with E-state index in [4.69, 9.17) is 0 Å². The van der Waals surface area contributed by atoms with E-state index in [1.807, 2.05) is 18.2 Å². The maximum absolute atomic E-state index is 3.78. The van der Waals surface area contributed by atoms with Crippen LogP contribution in [0.15, 0.2) is 41.7 Å². The molecule has 1 heteroatoms. The van der Waals surface area contributed by atoms with Gasteiger partial charge in [-0.2, -0.15) is 0 Å². The molecule has 1 saturated carbocycles. The first-order valence-electron chi connectivity index (χ1n) is 6.16. The van der Waals surface area contributed by atoms with Crippen molar-refractivity contribution in [1.82, 2.24) is 4.98 Å². The average Bonchev–Trinajstić information content (AvgIpc) is 2.31. The van der Waals surface area contributed by atoms with Crippen LogP contribution in [0, 0.1) is 11.3 Å². The van der Waals surface area contributed by atoms with Crippen molar-refractivity contribution in [1.29, 1.82) is 0 Å². The monoisotopic (exact) mass is 215 g/mol. The van der Waals surface area contributed by atoms with E-state index in [-0.39, 0.29) is 0 Å². The molecular formula is C15H21N. The van der Waals surface area contributed by atoms with Crippen molar-refractivity contribution in [3.63, 3.8) is 0 Å². The third-order valence-corrected chi connectivity index (χ3v) is 4.20. The lowest BCUT2D eigenvalue weighted by Gasteiger charge is -2.52. The first-order chi connectivity index (χ1) is 7.62. The Kier molecular flexibility index (Phi) is 3.13. The Hall–Kier alpha value is -1.11. The molecule has 0 aliphatic heterocycles. The van der Waals surface area contributed by atoms with Crippen LogP contribution in [0.5, 0.6) is 0 Å². The molecule has 1 aromatic rings. The van der Waals surface area contributed by atoms with Gasteiger partial charge in [-0.1, -0.05) is 31.1 Å². The van der Waals surface area contributed by atoms with Crippen molar-refractivity contribution in [2.75, 3.05) is 0 Å². The van der Waals surface area contributed by atoms with Crippen LogP contribution in [-0.2, 0) is 0 Å². The van der Waals surface area contributed by atoms with E-state index in [2.05, 4.69) is 25.8 Å². The Morgan fingerprint density at radius 2 is 1.88 bits per heavy atom. The van der Waals surface area contributed by atoms with E-state index in [1.54, 1.807) is 23.5 Å². The standard InChI is InChI=1S/C10H16.C5H5N/c1-7-4-5-8-6-9(7)10(8,2)3;1-2-4-6-5-3-1/h8H,4-6H2,1-3H3;1-5H. The molecule has 16 heavy (non-hydrogen) atoms. The van der Waals surface area contributed by atoms with Gasteiger partial charge in [0.2, 0.25) is 0 Å². The second-order valence-electron chi connectivity index (χ2n) is 5.44. The fourth-order valence-corrected chi connectivity index (χ4v) is 2.92. The molecule has 3 aliphatic rings. The molecule has 1 fully saturated rings. The Labute approximate surface area is 98.6 Å². The topological polar surface area (TPSA) is 12.9 Å². The zero-order chi connectivity index (χ0) is 11.6. The van der Waals surface area contributed by atoms with Gasteiger partial charge in [0, 0.05) is 12.4 Å². The quantitative estimate of drug-likeness (QED) is 0.590. The Morgan fingerprint density at radius 1 is 1.19 bits per heavy atom. The van der Waals surface area contributed by atoms with Gasteiger partial charge in [-0.05, 0) is 49.7 Å². The van der Waals surface area contributed by atoms with Crippen molar-refractivity contribution >= 4 is 0 Å². The maximum atomic E-state index is 3.78. The average molecular weight is 215 g/mol. The molecule has 3 aliphatic carbocycles. The second kappa shape index (κ2) is 4.40. The van der Waals surface area contributed by atoms with Gasteiger partial charge in [0.15, 0.2) is 0 Å². The van der Waals surface area contributed by atoms with Gasteiger partial charge in [-0.3, -0.25) is 4.98 Å². The Balaban J connectivity index is 0.000000138. The number of rotatable bonds is 0. The lowest BCUT2D eigenvalue weighted by Crippen LogP contribution is -2.41. The number of hydrogen-bond acceptors (Lipinski definition) is 1. The van der Waals surface area contributed by atoms with Crippen LogP contribution in [0.4, 0.5) is 0 Å². The number of pyridine rings is 1. The van der Waals surface area contributed by atoms with Crippen LogP contribution in [0.2, 0.25) is 0 Å². The Morgan fingerprint density at radius 3 is 2.12 bits per heavy atom. The van der Waals surface area contributed by atoms with Gasteiger partial charge >= 0.3 is 0 Å². The summed E-state index contributed by atoms with van der Waals surface area (Å²) in [7, 11) is 0. The lowest BCUT2D eigenvalue weighted by atomic mass is 9.52. The molecule has 0 amide bonds. The molecule has 0 spiro atoms.